The molecular weight excluding hydrogens is 502 g/mol. The summed E-state index contributed by atoms with van der Waals surface area (Å²) in [5.41, 5.74) is -8.96. The highest BCUT2D eigenvalue weighted by atomic mass is 35.5. The number of piperidine rings is 2. The highest BCUT2D eigenvalue weighted by Crippen LogP contribution is 2.77. The van der Waals surface area contributed by atoms with Crippen LogP contribution >= 0.6 is 0 Å². The maximum Gasteiger partial charge on any atom is 0.196 e. The summed E-state index contributed by atoms with van der Waals surface area (Å²) in [5.74, 6) is -3.21. The molecule has 3 aliphatic heterocycles. The Hall–Kier alpha value is -0.0700. The second-order valence-corrected chi connectivity index (χ2v) is 14.5. The normalized spacial score (nSPS) is 67.6. The quantitative estimate of drug-likeness (QED) is 0.151. The van der Waals surface area contributed by atoms with Crippen LogP contribution < -0.4 is 17.3 Å². The fourth-order valence-corrected chi connectivity index (χ4v) is 11.6. The van der Waals surface area contributed by atoms with Crippen LogP contribution in [0.1, 0.15) is 72.1 Å². The second kappa shape index (κ2) is 7.41. The molecule has 4 bridgehead atoms. The van der Waals surface area contributed by atoms with Crippen LogP contribution in [0.3, 0.4) is 0 Å². The fourth-order valence-electron chi connectivity index (χ4n) is 11.6. The van der Waals surface area contributed by atoms with E-state index < -0.39 is 63.3 Å². The summed E-state index contributed by atoms with van der Waals surface area (Å²) in [5, 5.41) is 83.3. The molecule has 0 amide bonds. The maximum absolute atomic E-state index is 12.7. The fraction of sp³-hybridized carbons (Fsp3) is 1.00. The van der Waals surface area contributed by atoms with Crippen LogP contribution in [0.2, 0.25) is 0 Å². The van der Waals surface area contributed by atoms with Gasteiger partial charge in [0.15, 0.2) is 5.79 Å². The van der Waals surface area contributed by atoms with Gasteiger partial charge in [-0.3, -0.25) is 0 Å². The van der Waals surface area contributed by atoms with Crippen molar-refractivity contribution in [1.82, 2.24) is 0 Å². The van der Waals surface area contributed by atoms with Crippen LogP contribution in [-0.2, 0) is 4.74 Å². The van der Waals surface area contributed by atoms with Crippen LogP contribution in [0, 0.1) is 29.1 Å². The first-order valence-corrected chi connectivity index (χ1v) is 14.1. The molecule has 4 unspecified atom stereocenters. The van der Waals surface area contributed by atoms with Gasteiger partial charge >= 0.3 is 0 Å². The van der Waals surface area contributed by atoms with Gasteiger partial charge in [0.25, 0.3) is 0 Å². The van der Waals surface area contributed by atoms with Gasteiger partial charge < -0.3 is 57.8 Å². The number of fused-ring (bicyclic) bond motifs is 5. The molecule has 0 radical (unpaired) electrons. The largest absolute Gasteiger partial charge is 1.00 e. The maximum atomic E-state index is 12.7. The molecule has 0 aromatic rings. The van der Waals surface area contributed by atoms with Crippen LogP contribution in [0.15, 0.2) is 0 Å². The third-order valence-corrected chi connectivity index (χ3v) is 13.3. The zero-order valence-corrected chi connectivity index (χ0v) is 22.8. The van der Waals surface area contributed by atoms with E-state index in [-0.39, 0.29) is 37.2 Å². The Morgan fingerprint density at radius 3 is 2.16 bits per heavy atom. The molecule has 15 atom stereocenters. The number of aliphatic hydroxyl groups excluding tert-OH is 2. The lowest BCUT2D eigenvalue weighted by molar-refractivity contribution is -0.956. The number of halogens is 1. The van der Waals surface area contributed by atoms with Crippen molar-refractivity contribution in [1.29, 1.82) is 0 Å². The Kier molecular flexibility index (Phi) is 5.43. The van der Waals surface area contributed by atoms with E-state index in [1.807, 2.05) is 6.92 Å². The van der Waals surface area contributed by atoms with E-state index in [1.165, 1.54) is 0 Å². The molecule has 10 heteroatoms. The van der Waals surface area contributed by atoms with Gasteiger partial charge in [0.2, 0.25) is 0 Å². The number of hydrogen-bond donors (Lipinski definition) is 8. The predicted octanol–water partition coefficient (Wildman–Crippen LogP) is -4.94. The van der Waals surface area contributed by atoms with E-state index in [4.69, 9.17) is 4.74 Å². The average Bonchev–Trinajstić information content (AvgIpc) is 2.97. The smallest absolute Gasteiger partial charge is 0.196 e. The minimum Gasteiger partial charge on any atom is -1.00 e. The summed E-state index contributed by atoms with van der Waals surface area (Å²) >= 11 is 0. The number of hydrogen-bond acceptors (Lipinski definition) is 8. The second-order valence-electron chi connectivity index (χ2n) is 14.5. The van der Waals surface area contributed by atoms with Crippen molar-refractivity contribution in [2.45, 2.75) is 124 Å². The molecule has 8 N–H and O–H groups in total. The zero-order chi connectivity index (χ0) is 25.9. The molecule has 0 aromatic carbocycles. The van der Waals surface area contributed by atoms with Crippen molar-refractivity contribution >= 4 is 0 Å². The summed E-state index contributed by atoms with van der Waals surface area (Å²) in [6.07, 6.45) is 0.871. The average molecular weight is 546 g/mol. The topological polar surface area (TPSA) is 155 Å². The Labute approximate surface area is 224 Å². The summed E-state index contributed by atoms with van der Waals surface area (Å²) < 4.78 is 6.52. The minimum atomic E-state index is -2.00. The van der Waals surface area contributed by atoms with Gasteiger partial charge in [0, 0.05) is 42.4 Å². The molecule has 0 aromatic heterocycles. The van der Waals surface area contributed by atoms with Crippen molar-refractivity contribution in [3.05, 3.63) is 0 Å². The van der Waals surface area contributed by atoms with Crippen molar-refractivity contribution in [2.75, 3.05) is 13.1 Å². The van der Waals surface area contributed by atoms with Crippen molar-refractivity contribution in [3.63, 3.8) is 0 Å². The molecule has 4 saturated carbocycles. The van der Waals surface area contributed by atoms with E-state index in [2.05, 4.69) is 6.92 Å². The van der Waals surface area contributed by atoms with Gasteiger partial charge in [0.05, 0.1) is 30.7 Å². The van der Waals surface area contributed by atoms with Crippen molar-refractivity contribution in [2.24, 2.45) is 29.1 Å². The highest BCUT2D eigenvalue weighted by Gasteiger charge is 2.89. The van der Waals surface area contributed by atoms with E-state index in [0.717, 1.165) is 17.9 Å². The van der Waals surface area contributed by atoms with Crippen LogP contribution in [-0.4, -0.2) is 101 Å². The minimum absolute atomic E-state index is 0. The Bertz CT molecular complexity index is 1000. The van der Waals surface area contributed by atoms with Crippen LogP contribution in [0.25, 0.3) is 0 Å². The Balaban J connectivity index is 0.00000252. The van der Waals surface area contributed by atoms with Gasteiger partial charge in [-0.25, -0.2) is 0 Å². The number of ether oxygens (including phenoxy) is 1. The standard InChI is InChI=1S/C27H43NO8.ClH/c1-14-4-7-18-22(3,31)26(34)17(12-28(18)11-14)24(33)13-25-16(23(24,32)10-20(26)30)6-5-15-21(25,2)9-8-19(29)27(15,35)36-25;/h14-20,29-35H,4-13H2,1-3H3;1H/t14-,15?,16?,17?,18-,19+,20-,21-,22+,23+,24+,25+,26-,27-;/m0./s1. The molecule has 7 rings (SSSR count). The lowest BCUT2D eigenvalue weighted by Crippen LogP contribution is -3.23. The van der Waals surface area contributed by atoms with Crippen molar-refractivity contribution in [3.8, 4) is 0 Å². The molecule has 9 nitrogen and oxygen atoms in total. The molecule has 37 heavy (non-hydrogen) atoms. The Morgan fingerprint density at radius 1 is 0.784 bits per heavy atom. The molecule has 7 aliphatic rings. The van der Waals surface area contributed by atoms with E-state index in [1.54, 1.807) is 6.92 Å². The van der Waals surface area contributed by atoms with E-state index >= 15 is 0 Å². The van der Waals surface area contributed by atoms with Crippen molar-refractivity contribution < 1.29 is 57.8 Å². The zero-order valence-electron chi connectivity index (χ0n) is 22.0. The number of rotatable bonds is 0. The van der Waals surface area contributed by atoms with Gasteiger partial charge in [0.1, 0.15) is 34.6 Å². The number of quaternary nitrogens is 1. The van der Waals surface area contributed by atoms with Gasteiger partial charge in [-0.1, -0.05) is 13.8 Å². The molecule has 4 aliphatic carbocycles. The molecule has 7 fully saturated rings. The van der Waals surface area contributed by atoms with Crippen LogP contribution in [0.5, 0.6) is 0 Å². The third kappa shape index (κ3) is 2.61. The first-order chi connectivity index (χ1) is 16.6. The summed E-state index contributed by atoms with van der Waals surface area (Å²) in [6, 6.07) is -0.277. The van der Waals surface area contributed by atoms with Crippen LogP contribution in [0.4, 0.5) is 0 Å². The van der Waals surface area contributed by atoms with E-state index in [0.29, 0.717) is 44.6 Å². The molecule has 3 heterocycles. The number of nitrogens with one attached hydrogen (secondary N) is 1. The summed E-state index contributed by atoms with van der Waals surface area (Å²) in [6.45, 7) is 6.92. The highest BCUT2D eigenvalue weighted by molar-refractivity contribution is 5.36. The third-order valence-electron chi connectivity index (χ3n) is 13.3. The lowest BCUT2D eigenvalue weighted by Gasteiger charge is -2.66. The van der Waals surface area contributed by atoms with E-state index in [9.17, 15) is 35.7 Å². The summed E-state index contributed by atoms with van der Waals surface area (Å²) in [7, 11) is 0. The number of aliphatic hydroxyl groups is 7. The molecule has 212 valence electrons. The van der Waals surface area contributed by atoms with Gasteiger partial charge in [-0.05, 0) is 39.0 Å². The lowest BCUT2D eigenvalue weighted by atomic mass is 9.49. The molecule has 3 saturated heterocycles. The monoisotopic (exact) mass is 545 g/mol. The van der Waals surface area contributed by atoms with Gasteiger partial charge in [-0.15, -0.1) is 0 Å². The Morgan fingerprint density at radius 2 is 1.46 bits per heavy atom. The first kappa shape index (κ1) is 27.1. The SMILES string of the molecule is C[C@H]1CC[C@@H]2[NH+](CC3[C@]4(O)C[C@@]56O[C@@]7(O)C(CCC5[C@]4(O)C[C@H](O)[C@]3(O)[C@]2(C)O)[C@]6(C)CC[C@H]7O)C1.[Cl-]. The molecule has 1 spiro atoms. The first-order valence-electron chi connectivity index (χ1n) is 14.1. The van der Waals surface area contributed by atoms with Gasteiger partial charge in [-0.2, -0.15) is 0 Å². The summed E-state index contributed by atoms with van der Waals surface area (Å²) in [4.78, 5) is 1.09. The predicted molar refractivity (Wildman–Crippen MR) is 125 cm³/mol. The molecular formula is C27H44ClNO8.